The van der Waals surface area contributed by atoms with Gasteiger partial charge >= 0.3 is 0 Å². The molecule has 100 valence electrons. The molecule has 0 atom stereocenters. The van der Waals surface area contributed by atoms with Gasteiger partial charge in [0.25, 0.3) is 0 Å². The standard InChI is InChI=1S/C14H28O2P/c15-11-17(12-16,13-7-3-1-4-8-13)14-9-5-2-6-10-14/h13-16H,1-12H2/q+1. The van der Waals surface area contributed by atoms with Crippen molar-refractivity contribution in [1.29, 1.82) is 0 Å². The molecule has 0 amide bonds. The van der Waals surface area contributed by atoms with Crippen LogP contribution in [-0.2, 0) is 0 Å². The minimum absolute atomic E-state index is 0.304. The van der Waals surface area contributed by atoms with E-state index < -0.39 is 7.26 Å². The molecular formula is C14H28O2P+. The Morgan fingerprint density at radius 3 is 1.29 bits per heavy atom. The Bertz CT molecular complexity index is 196. The molecule has 17 heavy (non-hydrogen) atoms. The first-order chi connectivity index (χ1) is 8.33. The lowest BCUT2D eigenvalue weighted by Gasteiger charge is -2.40. The van der Waals surface area contributed by atoms with Gasteiger partial charge in [0, 0.05) is 0 Å². The molecule has 2 aliphatic rings. The van der Waals surface area contributed by atoms with Gasteiger partial charge in [-0.15, -0.1) is 0 Å². The molecule has 0 aromatic carbocycles. The summed E-state index contributed by atoms with van der Waals surface area (Å²) in [6.45, 7) is 0. The van der Waals surface area contributed by atoms with Gasteiger partial charge in [0.15, 0.2) is 12.7 Å². The molecule has 0 saturated heterocycles. The molecule has 0 aliphatic heterocycles. The van der Waals surface area contributed by atoms with Gasteiger partial charge in [-0.2, -0.15) is 0 Å². The van der Waals surface area contributed by atoms with E-state index in [-0.39, 0.29) is 0 Å². The van der Waals surface area contributed by atoms with E-state index >= 15 is 0 Å². The van der Waals surface area contributed by atoms with E-state index in [4.69, 9.17) is 0 Å². The monoisotopic (exact) mass is 259 g/mol. The van der Waals surface area contributed by atoms with Crippen molar-refractivity contribution < 1.29 is 10.2 Å². The maximum Gasteiger partial charge on any atom is 0.156 e. The van der Waals surface area contributed by atoms with Crippen molar-refractivity contribution in [2.75, 3.05) is 12.7 Å². The summed E-state index contributed by atoms with van der Waals surface area (Å²) in [4.78, 5) is 0. The largest absolute Gasteiger partial charge is 0.362 e. The second kappa shape index (κ2) is 6.50. The van der Waals surface area contributed by atoms with Crippen LogP contribution in [0.1, 0.15) is 64.2 Å². The van der Waals surface area contributed by atoms with Crippen molar-refractivity contribution >= 4 is 7.26 Å². The van der Waals surface area contributed by atoms with E-state index in [0.717, 1.165) is 0 Å². The quantitative estimate of drug-likeness (QED) is 0.758. The zero-order valence-corrected chi connectivity index (χ0v) is 11.9. The Balaban J connectivity index is 2.10. The van der Waals surface area contributed by atoms with Crippen LogP contribution in [0.15, 0.2) is 0 Å². The molecule has 2 saturated carbocycles. The number of aliphatic hydroxyl groups excluding tert-OH is 2. The lowest BCUT2D eigenvalue weighted by Crippen LogP contribution is -2.31. The van der Waals surface area contributed by atoms with Crippen molar-refractivity contribution in [3.63, 3.8) is 0 Å². The molecule has 0 unspecified atom stereocenters. The lowest BCUT2D eigenvalue weighted by atomic mass is 9.99. The van der Waals surface area contributed by atoms with Gasteiger partial charge in [0.05, 0.1) is 18.6 Å². The second-order valence-electron chi connectivity index (χ2n) is 5.97. The van der Waals surface area contributed by atoms with Gasteiger partial charge < -0.3 is 10.2 Å². The van der Waals surface area contributed by atoms with Gasteiger partial charge in [-0.1, -0.05) is 12.8 Å². The molecule has 3 heteroatoms. The van der Waals surface area contributed by atoms with Gasteiger partial charge in [-0.3, -0.25) is 0 Å². The molecule has 0 heterocycles. The third kappa shape index (κ3) is 2.85. The van der Waals surface area contributed by atoms with Crippen LogP contribution in [0.3, 0.4) is 0 Å². The lowest BCUT2D eigenvalue weighted by molar-refractivity contribution is 0.322. The van der Waals surface area contributed by atoms with Gasteiger partial charge in [0.2, 0.25) is 0 Å². The average molecular weight is 259 g/mol. The van der Waals surface area contributed by atoms with Crippen LogP contribution in [0, 0.1) is 0 Å². The Kier molecular flexibility index (Phi) is 5.26. The summed E-state index contributed by atoms with van der Waals surface area (Å²) in [5.41, 5.74) is 1.35. The summed E-state index contributed by atoms with van der Waals surface area (Å²) in [6.07, 6.45) is 13.7. The molecular weight excluding hydrogens is 231 g/mol. The second-order valence-corrected chi connectivity index (χ2v) is 10.2. The van der Waals surface area contributed by atoms with Crippen LogP contribution in [0.4, 0.5) is 0 Å². The van der Waals surface area contributed by atoms with E-state index in [0.29, 0.717) is 24.0 Å². The molecule has 2 rings (SSSR count). The van der Waals surface area contributed by atoms with Crippen molar-refractivity contribution in [3.05, 3.63) is 0 Å². The van der Waals surface area contributed by atoms with Crippen molar-refractivity contribution in [2.24, 2.45) is 0 Å². The minimum Gasteiger partial charge on any atom is -0.362 e. The fourth-order valence-electron chi connectivity index (χ4n) is 4.00. The highest BCUT2D eigenvalue weighted by Crippen LogP contribution is 2.70. The fraction of sp³-hybridized carbons (Fsp3) is 1.00. The van der Waals surface area contributed by atoms with Crippen LogP contribution >= 0.6 is 7.26 Å². The summed E-state index contributed by atoms with van der Waals surface area (Å²) in [5.74, 6) is 0. The van der Waals surface area contributed by atoms with Crippen LogP contribution < -0.4 is 0 Å². The van der Waals surface area contributed by atoms with Crippen molar-refractivity contribution in [3.8, 4) is 0 Å². The van der Waals surface area contributed by atoms with Crippen LogP contribution in [0.5, 0.6) is 0 Å². The molecule has 0 spiro atoms. The van der Waals surface area contributed by atoms with Crippen LogP contribution in [0.25, 0.3) is 0 Å². The van der Waals surface area contributed by atoms with Gasteiger partial charge in [-0.05, 0) is 51.4 Å². The minimum atomic E-state index is -1.50. The first-order valence-corrected chi connectivity index (χ1v) is 9.71. The average Bonchev–Trinajstić information content (AvgIpc) is 2.43. The van der Waals surface area contributed by atoms with Gasteiger partial charge in [0.1, 0.15) is 0 Å². The van der Waals surface area contributed by atoms with Crippen molar-refractivity contribution in [1.82, 2.24) is 0 Å². The molecule has 2 N–H and O–H groups in total. The number of hydrogen-bond acceptors (Lipinski definition) is 2. The fourth-order valence-corrected chi connectivity index (χ4v) is 8.39. The highest BCUT2D eigenvalue weighted by Gasteiger charge is 2.51. The molecule has 0 radical (unpaired) electrons. The van der Waals surface area contributed by atoms with Gasteiger partial charge in [-0.25, -0.2) is 0 Å². The number of rotatable bonds is 4. The summed E-state index contributed by atoms with van der Waals surface area (Å²) in [6, 6.07) is 0. The number of aliphatic hydroxyl groups is 2. The third-order valence-corrected chi connectivity index (χ3v) is 10.1. The SMILES string of the molecule is OC[P+](CO)(C1CCCCC1)C1CCCCC1. The maximum absolute atomic E-state index is 9.97. The zero-order chi connectivity index (χ0) is 12.1. The Morgan fingerprint density at radius 1 is 0.647 bits per heavy atom. The normalized spacial score (nSPS) is 25.1. The van der Waals surface area contributed by atoms with Crippen LogP contribution in [-0.4, -0.2) is 34.2 Å². The predicted octanol–water partition coefficient (Wildman–Crippen LogP) is 3.57. The van der Waals surface area contributed by atoms with Crippen molar-refractivity contribution in [2.45, 2.75) is 75.5 Å². The molecule has 0 aromatic heterocycles. The highest BCUT2D eigenvalue weighted by molar-refractivity contribution is 7.76. The maximum atomic E-state index is 9.97. The summed E-state index contributed by atoms with van der Waals surface area (Å²) in [5, 5.41) is 19.9. The smallest absolute Gasteiger partial charge is 0.156 e. The molecule has 2 fully saturated rings. The Hall–Kier alpha value is 0.350. The highest BCUT2D eigenvalue weighted by atomic mass is 31.2. The summed E-state index contributed by atoms with van der Waals surface area (Å²) < 4.78 is 0. The van der Waals surface area contributed by atoms with E-state index in [1.165, 1.54) is 64.2 Å². The van der Waals surface area contributed by atoms with E-state index in [1.54, 1.807) is 0 Å². The molecule has 2 nitrogen and oxygen atoms in total. The van der Waals surface area contributed by atoms with Crippen LogP contribution in [0.2, 0.25) is 0 Å². The molecule has 0 aromatic rings. The predicted molar refractivity (Wildman–Crippen MR) is 74.8 cm³/mol. The first-order valence-electron chi connectivity index (χ1n) is 7.41. The zero-order valence-electron chi connectivity index (χ0n) is 11.0. The third-order valence-electron chi connectivity index (χ3n) is 5.13. The molecule has 2 aliphatic carbocycles. The number of hydrogen-bond donors (Lipinski definition) is 2. The summed E-state index contributed by atoms with van der Waals surface area (Å²) >= 11 is 0. The Morgan fingerprint density at radius 2 is 1.00 bits per heavy atom. The van der Waals surface area contributed by atoms with E-state index in [1.807, 2.05) is 0 Å². The topological polar surface area (TPSA) is 40.5 Å². The van der Waals surface area contributed by atoms with E-state index in [2.05, 4.69) is 0 Å². The Labute approximate surface area is 106 Å². The molecule has 0 bridgehead atoms. The van der Waals surface area contributed by atoms with E-state index in [9.17, 15) is 10.2 Å². The first kappa shape index (κ1) is 13.8. The summed E-state index contributed by atoms with van der Waals surface area (Å²) in [7, 11) is -1.50.